The first-order chi connectivity index (χ1) is 16.1. The molecule has 1 atom stereocenters. The first kappa shape index (κ1) is 22.8. The van der Waals surface area contributed by atoms with Gasteiger partial charge in [0.15, 0.2) is 5.65 Å². The van der Waals surface area contributed by atoms with Gasteiger partial charge >= 0.3 is 5.97 Å². The summed E-state index contributed by atoms with van der Waals surface area (Å²) >= 11 is 0. The zero-order valence-electron chi connectivity index (χ0n) is 19.2. The minimum atomic E-state index is -0.511. The van der Waals surface area contributed by atoms with Gasteiger partial charge in [-0.05, 0) is 25.3 Å². The number of ether oxygens (including phenoxy) is 1. The van der Waals surface area contributed by atoms with Crippen molar-refractivity contribution in [2.24, 2.45) is 0 Å². The third kappa shape index (κ3) is 5.16. The quantitative estimate of drug-likeness (QED) is 0.500. The fourth-order valence-electron chi connectivity index (χ4n) is 4.46. The molecule has 2 N–H and O–H groups in total. The predicted molar refractivity (Wildman–Crippen MR) is 127 cm³/mol. The highest BCUT2D eigenvalue weighted by atomic mass is 16.5. The molecule has 2 aromatic heterocycles. The van der Waals surface area contributed by atoms with Crippen molar-refractivity contribution in [1.82, 2.24) is 20.1 Å². The number of hydrogen-bond donors (Lipinski definition) is 2. The van der Waals surface area contributed by atoms with Gasteiger partial charge in [-0.3, -0.25) is 9.59 Å². The number of carbonyl (C=O) groups excluding carboxylic acids is 2. The Kier molecular flexibility index (Phi) is 7.22. The number of methoxy groups -OCH3 is 1. The van der Waals surface area contributed by atoms with E-state index in [0.29, 0.717) is 18.2 Å². The smallest absolute Gasteiger partial charge is 0.307 e. The summed E-state index contributed by atoms with van der Waals surface area (Å²) in [6.07, 6.45) is 9.17. The van der Waals surface area contributed by atoms with Crippen molar-refractivity contribution in [3.05, 3.63) is 53.9 Å². The molecule has 33 heavy (non-hydrogen) atoms. The summed E-state index contributed by atoms with van der Waals surface area (Å²) in [6, 6.07) is 9.24. The van der Waals surface area contributed by atoms with Gasteiger partial charge in [0.2, 0.25) is 0 Å². The van der Waals surface area contributed by atoms with Gasteiger partial charge < -0.3 is 15.4 Å². The van der Waals surface area contributed by atoms with E-state index in [4.69, 9.17) is 4.74 Å². The van der Waals surface area contributed by atoms with Gasteiger partial charge in [0.1, 0.15) is 0 Å². The first-order valence-electron chi connectivity index (χ1n) is 11.6. The molecule has 0 spiro atoms. The number of aromatic nitrogens is 3. The van der Waals surface area contributed by atoms with Crippen molar-refractivity contribution in [3.8, 4) is 0 Å². The van der Waals surface area contributed by atoms with Crippen LogP contribution in [0.4, 0.5) is 5.69 Å². The summed E-state index contributed by atoms with van der Waals surface area (Å²) in [7, 11) is 1.35. The number of nitrogens with one attached hydrogen (secondary N) is 2. The zero-order chi connectivity index (χ0) is 23.2. The van der Waals surface area contributed by atoms with Crippen LogP contribution in [0.15, 0.2) is 42.7 Å². The normalized spacial score (nSPS) is 15.2. The number of aryl methyl sites for hydroxylation is 1. The highest BCUT2D eigenvalue weighted by molar-refractivity contribution is 6.06. The van der Waals surface area contributed by atoms with E-state index in [9.17, 15) is 9.59 Å². The fraction of sp³-hybridized carbons (Fsp3) is 0.440. The summed E-state index contributed by atoms with van der Waals surface area (Å²) in [5.41, 5.74) is 2.80. The molecule has 8 heteroatoms. The van der Waals surface area contributed by atoms with Crippen LogP contribution in [0.2, 0.25) is 0 Å². The molecule has 1 unspecified atom stereocenters. The number of benzene rings is 1. The zero-order valence-corrected chi connectivity index (χ0v) is 19.2. The number of esters is 1. The van der Waals surface area contributed by atoms with E-state index in [1.54, 1.807) is 12.4 Å². The molecule has 1 amide bonds. The molecule has 2 heterocycles. The van der Waals surface area contributed by atoms with Crippen LogP contribution in [0.5, 0.6) is 0 Å². The highest BCUT2D eigenvalue weighted by Crippen LogP contribution is 2.30. The number of nitrogens with zero attached hydrogens (tertiary/aromatic N) is 3. The maximum atomic E-state index is 13.5. The van der Waals surface area contributed by atoms with Gasteiger partial charge in [-0.2, -0.15) is 5.10 Å². The average molecular weight is 450 g/mol. The summed E-state index contributed by atoms with van der Waals surface area (Å²) in [5, 5.41) is 11.9. The minimum absolute atomic E-state index is 0.0427. The highest BCUT2D eigenvalue weighted by Gasteiger charge is 2.25. The van der Waals surface area contributed by atoms with Crippen molar-refractivity contribution < 1.29 is 14.3 Å². The molecule has 174 valence electrons. The lowest BCUT2D eigenvalue weighted by atomic mass is 9.95. The molecule has 0 bridgehead atoms. The number of fused-ring (bicyclic) bond motifs is 1. The number of carbonyl (C=O) groups is 2. The lowest BCUT2D eigenvalue weighted by molar-refractivity contribution is -0.141. The van der Waals surface area contributed by atoms with E-state index >= 15 is 0 Å². The summed E-state index contributed by atoms with van der Waals surface area (Å²) in [5.74, 6) is -0.674. The molecule has 1 aliphatic carbocycles. The number of hydrogen-bond acceptors (Lipinski definition) is 6. The molecule has 3 aromatic rings. The van der Waals surface area contributed by atoms with Crippen LogP contribution < -0.4 is 10.6 Å². The van der Waals surface area contributed by atoms with Crippen LogP contribution in [0.1, 0.15) is 67.4 Å². The van der Waals surface area contributed by atoms with Crippen LogP contribution in [0, 0.1) is 0 Å². The van der Waals surface area contributed by atoms with Crippen molar-refractivity contribution >= 4 is 28.6 Å². The van der Waals surface area contributed by atoms with Crippen molar-refractivity contribution in [2.45, 2.75) is 64.1 Å². The molecular formula is C25H31N5O3. The lowest BCUT2D eigenvalue weighted by Crippen LogP contribution is -2.32. The van der Waals surface area contributed by atoms with Crippen molar-refractivity contribution in [2.75, 3.05) is 12.4 Å². The predicted octanol–water partition coefficient (Wildman–Crippen LogP) is 4.23. The van der Waals surface area contributed by atoms with E-state index < -0.39 is 6.04 Å². The Morgan fingerprint density at radius 3 is 2.61 bits per heavy atom. The second kappa shape index (κ2) is 10.5. The van der Waals surface area contributed by atoms with Crippen LogP contribution >= 0.6 is 0 Å². The van der Waals surface area contributed by atoms with E-state index in [0.717, 1.165) is 35.1 Å². The van der Waals surface area contributed by atoms with Gasteiger partial charge in [-0.25, -0.2) is 9.67 Å². The molecular weight excluding hydrogens is 418 g/mol. The van der Waals surface area contributed by atoms with E-state index in [-0.39, 0.29) is 18.3 Å². The van der Waals surface area contributed by atoms with Crippen LogP contribution in [0.25, 0.3) is 11.0 Å². The van der Waals surface area contributed by atoms with Crippen LogP contribution in [-0.2, 0) is 16.1 Å². The summed E-state index contributed by atoms with van der Waals surface area (Å²) < 4.78 is 6.69. The average Bonchev–Trinajstić information content (AvgIpc) is 3.28. The Bertz CT molecular complexity index is 1110. The SMILES string of the molecule is CCn1ncc2c(NC3CCCCC3)c(C(=O)NC(CC(=O)OC)c3ccccc3)cnc21. The van der Waals surface area contributed by atoms with Crippen molar-refractivity contribution in [3.63, 3.8) is 0 Å². The van der Waals surface area contributed by atoms with Gasteiger partial charge in [0, 0.05) is 18.8 Å². The first-order valence-corrected chi connectivity index (χ1v) is 11.6. The summed E-state index contributed by atoms with van der Waals surface area (Å²) in [6.45, 7) is 2.71. The number of anilines is 1. The second-order valence-electron chi connectivity index (χ2n) is 8.44. The second-order valence-corrected chi connectivity index (χ2v) is 8.44. The number of rotatable bonds is 8. The molecule has 1 aliphatic rings. The lowest BCUT2D eigenvalue weighted by Gasteiger charge is -2.26. The minimum Gasteiger partial charge on any atom is -0.469 e. The number of pyridine rings is 1. The van der Waals surface area contributed by atoms with Crippen molar-refractivity contribution in [1.29, 1.82) is 0 Å². The Morgan fingerprint density at radius 1 is 1.15 bits per heavy atom. The van der Waals surface area contributed by atoms with Gasteiger partial charge in [-0.1, -0.05) is 49.6 Å². The molecule has 1 aromatic carbocycles. The molecule has 0 radical (unpaired) electrons. The Morgan fingerprint density at radius 2 is 1.91 bits per heavy atom. The van der Waals surface area contributed by atoms with Crippen LogP contribution in [-0.4, -0.2) is 39.8 Å². The third-order valence-electron chi connectivity index (χ3n) is 6.27. The van der Waals surface area contributed by atoms with E-state index in [2.05, 4.69) is 20.7 Å². The van der Waals surface area contributed by atoms with Crippen LogP contribution in [0.3, 0.4) is 0 Å². The Labute approximate surface area is 193 Å². The fourth-order valence-corrected chi connectivity index (χ4v) is 4.46. The Balaban J connectivity index is 1.68. The van der Waals surface area contributed by atoms with E-state index in [1.165, 1.54) is 26.4 Å². The van der Waals surface area contributed by atoms with Gasteiger partial charge in [-0.15, -0.1) is 0 Å². The molecule has 0 aliphatic heterocycles. The molecule has 1 fully saturated rings. The standard InChI is InChI=1S/C25H31N5O3/c1-3-30-24-19(16-27-30)23(28-18-12-8-5-9-13-18)20(15-26-24)25(32)29-21(14-22(31)33-2)17-10-6-4-7-11-17/h4,6-7,10-11,15-16,18,21H,3,5,8-9,12-14H2,1-2H3,(H,26,28)(H,29,32). The number of amides is 1. The molecule has 0 saturated heterocycles. The molecule has 8 nitrogen and oxygen atoms in total. The monoisotopic (exact) mass is 449 g/mol. The maximum Gasteiger partial charge on any atom is 0.307 e. The Hall–Kier alpha value is -3.42. The summed E-state index contributed by atoms with van der Waals surface area (Å²) in [4.78, 5) is 30.1. The maximum absolute atomic E-state index is 13.5. The van der Waals surface area contributed by atoms with E-state index in [1.807, 2.05) is 41.9 Å². The molecule has 1 saturated carbocycles. The molecule has 4 rings (SSSR count). The largest absolute Gasteiger partial charge is 0.469 e. The topological polar surface area (TPSA) is 98.1 Å². The van der Waals surface area contributed by atoms with Gasteiger partial charge in [0.25, 0.3) is 5.91 Å². The third-order valence-corrected chi connectivity index (χ3v) is 6.27. The van der Waals surface area contributed by atoms with Gasteiger partial charge in [0.05, 0.1) is 42.4 Å².